The largest absolute Gasteiger partial charge is 0.0880 e. The monoisotopic (exact) mass is 252 g/mol. The molecule has 0 nitrogen and oxygen atoms in total. The lowest BCUT2D eigenvalue weighted by molar-refractivity contribution is 0.781. The quantitative estimate of drug-likeness (QED) is 0.699. The second kappa shape index (κ2) is 5.35. The van der Waals surface area contributed by atoms with Crippen molar-refractivity contribution >= 4 is 22.0 Å². The molecule has 0 aliphatic heterocycles. The van der Waals surface area contributed by atoms with Crippen LogP contribution in [0.4, 0.5) is 0 Å². The standard InChI is InChI=1S/C13H17Br/c1-10(2)13(9-14)8-12-6-4-11(3)5-7-12/h4-8,10H,9H2,1-3H3/b13-8+. The highest BCUT2D eigenvalue weighted by atomic mass is 79.9. The van der Waals surface area contributed by atoms with E-state index in [9.17, 15) is 0 Å². The molecular formula is C13H17Br. The lowest BCUT2D eigenvalue weighted by Crippen LogP contribution is -1.94. The van der Waals surface area contributed by atoms with Crippen molar-refractivity contribution < 1.29 is 0 Å². The van der Waals surface area contributed by atoms with Crippen LogP contribution in [0.15, 0.2) is 29.8 Å². The van der Waals surface area contributed by atoms with Gasteiger partial charge in [-0.2, -0.15) is 0 Å². The van der Waals surface area contributed by atoms with Crippen LogP contribution in [0.1, 0.15) is 25.0 Å². The third kappa shape index (κ3) is 3.30. The van der Waals surface area contributed by atoms with Crippen LogP contribution in [-0.2, 0) is 0 Å². The molecule has 1 aromatic carbocycles. The van der Waals surface area contributed by atoms with E-state index in [2.05, 4.69) is 67.0 Å². The van der Waals surface area contributed by atoms with Crippen LogP contribution in [0.5, 0.6) is 0 Å². The topological polar surface area (TPSA) is 0 Å². The Bertz CT molecular complexity index is 307. The lowest BCUT2D eigenvalue weighted by atomic mass is 10.0. The molecule has 0 fully saturated rings. The number of aryl methyl sites for hydroxylation is 1. The van der Waals surface area contributed by atoms with Crippen LogP contribution in [-0.4, -0.2) is 5.33 Å². The highest BCUT2D eigenvalue weighted by Crippen LogP contribution is 2.17. The fourth-order valence-corrected chi connectivity index (χ4v) is 2.05. The summed E-state index contributed by atoms with van der Waals surface area (Å²) in [5.74, 6) is 0.607. The molecule has 0 saturated carbocycles. The second-order valence-corrected chi connectivity index (χ2v) is 4.48. The smallest absolute Gasteiger partial charge is 0.0247 e. The molecule has 0 saturated heterocycles. The van der Waals surface area contributed by atoms with Gasteiger partial charge in [-0.05, 0) is 18.4 Å². The zero-order valence-corrected chi connectivity index (χ0v) is 10.6. The van der Waals surface area contributed by atoms with Crippen molar-refractivity contribution in [1.82, 2.24) is 0 Å². The Hall–Kier alpha value is -0.560. The average molecular weight is 253 g/mol. The molecule has 1 aromatic rings. The number of benzene rings is 1. The highest BCUT2D eigenvalue weighted by molar-refractivity contribution is 9.09. The molecule has 0 spiro atoms. The van der Waals surface area contributed by atoms with Crippen LogP contribution in [0.2, 0.25) is 0 Å². The van der Waals surface area contributed by atoms with E-state index >= 15 is 0 Å². The van der Waals surface area contributed by atoms with Crippen LogP contribution in [0.3, 0.4) is 0 Å². The zero-order chi connectivity index (χ0) is 10.6. The average Bonchev–Trinajstić information content (AvgIpc) is 2.16. The second-order valence-electron chi connectivity index (χ2n) is 3.92. The van der Waals surface area contributed by atoms with E-state index in [1.54, 1.807) is 0 Å². The van der Waals surface area contributed by atoms with Gasteiger partial charge < -0.3 is 0 Å². The summed E-state index contributed by atoms with van der Waals surface area (Å²) < 4.78 is 0. The molecular weight excluding hydrogens is 236 g/mol. The normalized spacial score (nSPS) is 12.2. The first-order chi connectivity index (χ1) is 6.63. The van der Waals surface area contributed by atoms with Crippen LogP contribution < -0.4 is 0 Å². The summed E-state index contributed by atoms with van der Waals surface area (Å²) in [6, 6.07) is 8.64. The molecule has 0 aliphatic carbocycles. The lowest BCUT2D eigenvalue weighted by Gasteiger charge is -2.07. The van der Waals surface area contributed by atoms with Crippen molar-refractivity contribution in [3.63, 3.8) is 0 Å². The molecule has 0 aromatic heterocycles. The van der Waals surface area contributed by atoms with Crippen molar-refractivity contribution in [2.24, 2.45) is 5.92 Å². The summed E-state index contributed by atoms with van der Waals surface area (Å²) in [4.78, 5) is 0. The van der Waals surface area contributed by atoms with E-state index in [1.165, 1.54) is 16.7 Å². The predicted molar refractivity (Wildman–Crippen MR) is 67.8 cm³/mol. The van der Waals surface area contributed by atoms with Crippen molar-refractivity contribution in [2.45, 2.75) is 20.8 Å². The van der Waals surface area contributed by atoms with E-state index in [-0.39, 0.29) is 0 Å². The molecule has 0 heterocycles. The molecule has 76 valence electrons. The minimum Gasteiger partial charge on any atom is -0.0880 e. The predicted octanol–water partition coefficient (Wildman–Crippen LogP) is 4.43. The Balaban J connectivity index is 2.89. The first kappa shape index (κ1) is 11.5. The van der Waals surface area contributed by atoms with Crippen molar-refractivity contribution in [1.29, 1.82) is 0 Å². The fraction of sp³-hybridized carbons (Fsp3) is 0.385. The van der Waals surface area contributed by atoms with Crippen LogP contribution in [0, 0.1) is 12.8 Å². The third-order valence-corrected chi connectivity index (χ3v) is 2.97. The van der Waals surface area contributed by atoms with Crippen molar-refractivity contribution in [3.05, 3.63) is 41.0 Å². The molecule has 1 heteroatoms. The van der Waals surface area contributed by atoms with E-state index in [1.807, 2.05) is 0 Å². The molecule has 0 atom stereocenters. The number of alkyl halides is 1. The molecule has 14 heavy (non-hydrogen) atoms. The van der Waals surface area contributed by atoms with E-state index < -0.39 is 0 Å². The van der Waals surface area contributed by atoms with Crippen molar-refractivity contribution in [2.75, 3.05) is 5.33 Å². The molecule has 0 bridgehead atoms. The van der Waals surface area contributed by atoms with Gasteiger partial charge in [-0.3, -0.25) is 0 Å². The van der Waals surface area contributed by atoms with Gasteiger partial charge in [0.15, 0.2) is 0 Å². The summed E-state index contributed by atoms with van der Waals surface area (Å²) in [7, 11) is 0. The molecule has 0 unspecified atom stereocenters. The molecule has 0 N–H and O–H groups in total. The number of rotatable bonds is 3. The molecule has 0 amide bonds. The van der Waals surface area contributed by atoms with Gasteiger partial charge in [-0.25, -0.2) is 0 Å². The maximum absolute atomic E-state index is 3.52. The van der Waals surface area contributed by atoms with E-state index in [4.69, 9.17) is 0 Å². The number of hydrogen-bond acceptors (Lipinski definition) is 0. The Morgan fingerprint density at radius 1 is 1.29 bits per heavy atom. The first-order valence-electron chi connectivity index (χ1n) is 4.96. The summed E-state index contributed by atoms with van der Waals surface area (Å²) in [6.45, 7) is 6.56. The summed E-state index contributed by atoms with van der Waals surface area (Å²) in [6.07, 6.45) is 2.26. The third-order valence-electron chi connectivity index (χ3n) is 2.33. The minimum atomic E-state index is 0.607. The SMILES string of the molecule is Cc1ccc(/C=C(\CBr)C(C)C)cc1. The van der Waals surface area contributed by atoms with Gasteiger partial charge in [-0.15, -0.1) is 0 Å². The van der Waals surface area contributed by atoms with Crippen LogP contribution in [0.25, 0.3) is 6.08 Å². The summed E-state index contributed by atoms with van der Waals surface area (Å²) in [5.41, 5.74) is 4.04. The van der Waals surface area contributed by atoms with Gasteiger partial charge in [0.1, 0.15) is 0 Å². The van der Waals surface area contributed by atoms with Crippen LogP contribution >= 0.6 is 15.9 Å². The van der Waals surface area contributed by atoms with Gasteiger partial charge in [0.05, 0.1) is 0 Å². The van der Waals surface area contributed by atoms with Gasteiger partial charge in [0.25, 0.3) is 0 Å². The Kier molecular flexibility index (Phi) is 4.40. The Morgan fingerprint density at radius 2 is 1.86 bits per heavy atom. The molecule has 0 radical (unpaired) electrons. The van der Waals surface area contributed by atoms with Gasteiger partial charge in [0, 0.05) is 5.33 Å². The molecule has 1 rings (SSSR count). The number of hydrogen-bond donors (Lipinski definition) is 0. The maximum Gasteiger partial charge on any atom is 0.0247 e. The van der Waals surface area contributed by atoms with E-state index in [0.717, 1.165) is 5.33 Å². The Labute approximate surface area is 95.2 Å². The summed E-state index contributed by atoms with van der Waals surface area (Å²) in [5, 5.41) is 0.957. The zero-order valence-electron chi connectivity index (χ0n) is 9.05. The first-order valence-corrected chi connectivity index (χ1v) is 6.08. The number of allylic oxidation sites excluding steroid dienone is 1. The van der Waals surface area contributed by atoms with E-state index in [0.29, 0.717) is 5.92 Å². The van der Waals surface area contributed by atoms with Gasteiger partial charge in [-0.1, -0.05) is 71.3 Å². The Morgan fingerprint density at radius 3 is 2.29 bits per heavy atom. The highest BCUT2D eigenvalue weighted by Gasteiger charge is 2.00. The fourth-order valence-electron chi connectivity index (χ4n) is 1.24. The maximum atomic E-state index is 3.52. The number of halogens is 1. The van der Waals surface area contributed by atoms with Gasteiger partial charge in [0.2, 0.25) is 0 Å². The van der Waals surface area contributed by atoms with Crippen molar-refractivity contribution in [3.8, 4) is 0 Å². The minimum absolute atomic E-state index is 0.607. The van der Waals surface area contributed by atoms with Gasteiger partial charge >= 0.3 is 0 Å². The molecule has 0 aliphatic rings. The summed E-state index contributed by atoms with van der Waals surface area (Å²) >= 11 is 3.52.